The van der Waals surface area contributed by atoms with Crippen molar-refractivity contribution in [1.82, 2.24) is 15.0 Å². The van der Waals surface area contributed by atoms with Gasteiger partial charge in [-0.15, -0.1) is 6.42 Å². The second-order valence-corrected chi connectivity index (χ2v) is 9.16. The van der Waals surface area contributed by atoms with Crippen molar-refractivity contribution in [1.29, 1.82) is 0 Å². The molecule has 1 aliphatic heterocycles. The first kappa shape index (κ1) is 23.3. The molecule has 0 bridgehead atoms. The maximum absolute atomic E-state index is 13.7. The maximum Gasteiger partial charge on any atom is 0.275 e. The highest BCUT2D eigenvalue weighted by Crippen LogP contribution is 2.47. The quantitative estimate of drug-likeness (QED) is 0.607. The molecule has 3 heterocycles. The largest absolute Gasteiger partial charge is 0.481 e. The molecule has 3 rings (SSSR count). The number of hydrogen-bond acceptors (Lipinski definition) is 9. The minimum Gasteiger partial charge on any atom is -0.481 e. The van der Waals surface area contributed by atoms with Gasteiger partial charge in [0, 0.05) is 5.56 Å². The fourth-order valence-corrected chi connectivity index (χ4v) is 4.60. The van der Waals surface area contributed by atoms with Gasteiger partial charge in [0.1, 0.15) is 12.4 Å². The molecule has 3 N–H and O–H groups in total. The highest BCUT2D eigenvalue weighted by molar-refractivity contribution is 8.15. The Morgan fingerprint density at radius 1 is 1.34 bits per heavy atom. The minimum atomic E-state index is -0.898. The summed E-state index contributed by atoms with van der Waals surface area (Å²) < 4.78 is 23.6. The van der Waals surface area contributed by atoms with E-state index in [0.29, 0.717) is 23.6 Å². The summed E-state index contributed by atoms with van der Waals surface area (Å²) in [7, 11) is 1.48. The highest BCUT2D eigenvalue weighted by atomic mass is 32.2. The number of amides is 1. The molecule has 9 nitrogen and oxygen atoms in total. The number of ether oxygens (including phenoxy) is 2. The van der Waals surface area contributed by atoms with E-state index in [1.54, 1.807) is 13.0 Å². The molecule has 0 spiro atoms. The molecule has 0 saturated carbocycles. The average Bonchev–Trinajstić information content (AvgIpc) is 2.77. The lowest BCUT2D eigenvalue weighted by Gasteiger charge is -2.39. The van der Waals surface area contributed by atoms with E-state index in [4.69, 9.17) is 21.6 Å². The van der Waals surface area contributed by atoms with Crippen molar-refractivity contribution in [2.45, 2.75) is 30.6 Å². The van der Waals surface area contributed by atoms with Crippen LogP contribution >= 0.6 is 11.8 Å². The second kappa shape index (κ2) is 9.40. The average molecular weight is 459 g/mol. The van der Waals surface area contributed by atoms with Crippen LogP contribution in [0.5, 0.6) is 11.8 Å². The number of carbonyl (C=O) groups is 1. The standard InChI is InChI=1S/C21H23FN6O3S/c1-5-6-31-16-10-24-15(9-25-16)17(29)27-13-7-14(18(30-4)26-8-13)21(3)11-20(2,12-22)32-19(23)28-21/h1,7-10H,6,11-12H2,2-4H3,(H2,23,28)(H,27,29)/t20-,21+/m1/s1. The van der Waals surface area contributed by atoms with E-state index < -0.39 is 22.9 Å². The van der Waals surface area contributed by atoms with Gasteiger partial charge in [0.05, 0.1) is 41.7 Å². The summed E-state index contributed by atoms with van der Waals surface area (Å²) >= 11 is 1.20. The molecule has 0 aliphatic carbocycles. The van der Waals surface area contributed by atoms with E-state index in [9.17, 15) is 9.18 Å². The number of amidine groups is 1. The molecule has 1 aliphatic rings. The Bertz CT molecular complexity index is 1070. The fourth-order valence-electron chi connectivity index (χ4n) is 3.44. The van der Waals surface area contributed by atoms with Crippen LogP contribution < -0.4 is 20.5 Å². The van der Waals surface area contributed by atoms with Crippen molar-refractivity contribution in [2.24, 2.45) is 10.7 Å². The fraction of sp³-hybridized carbons (Fsp3) is 0.381. The van der Waals surface area contributed by atoms with Gasteiger partial charge < -0.3 is 20.5 Å². The van der Waals surface area contributed by atoms with Crippen molar-refractivity contribution in [3.8, 4) is 24.1 Å². The summed E-state index contributed by atoms with van der Waals surface area (Å²) in [5.74, 6) is 2.34. The van der Waals surface area contributed by atoms with Gasteiger partial charge in [-0.3, -0.25) is 9.79 Å². The zero-order valence-corrected chi connectivity index (χ0v) is 18.7. The second-order valence-electron chi connectivity index (χ2n) is 7.55. The molecule has 2 aromatic heterocycles. The van der Waals surface area contributed by atoms with Crippen LogP contribution in [0.25, 0.3) is 0 Å². The normalized spacial score (nSPS) is 22.4. The van der Waals surface area contributed by atoms with Crippen molar-refractivity contribution in [3.63, 3.8) is 0 Å². The van der Waals surface area contributed by atoms with Gasteiger partial charge in [-0.1, -0.05) is 17.7 Å². The number of methoxy groups -OCH3 is 1. The molecule has 168 valence electrons. The molecule has 0 aromatic carbocycles. The van der Waals surface area contributed by atoms with Gasteiger partial charge in [0.25, 0.3) is 5.91 Å². The molecular weight excluding hydrogens is 435 g/mol. The summed E-state index contributed by atoms with van der Waals surface area (Å²) in [6.45, 7) is 3.10. The van der Waals surface area contributed by atoms with Gasteiger partial charge in [-0.25, -0.2) is 19.3 Å². The number of hydrogen-bond donors (Lipinski definition) is 2. The van der Waals surface area contributed by atoms with E-state index in [0.717, 1.165) is 0 Å². The molecule has 32 heavy (non-hydrogen) atoms. The first-order valence-electron chi connectivity index (χ1n) is 9.56. The van der Waals surface area contributed by atoms with Crippen molar-refractivity contribution in [3.05, 3.63) is 35.9 Å². The summed E-state index contributed by atoms with van der Waals surface area (Å²) in [6, 6.07) is 1.69. The zero-order valence-electron chi connectivity index (χ0n) is 17.9. The van der Waals surface area contributed by atoms with Crippen LogP contribution in [0.3, 0.4) is 0 Å². The van der Waals surface area contributed by atoms with E-state index >= 15 is 0 Å². The predicted octanol–water partition coefficient (Wildman–Crippen LogP) is 2.54. The number of aliphatic imine (C=N–C) groups is 1. The van der Waals surface area contributed by atoms with Crippen LogP contribution in [0.4, 0.5) is 10.1 Å². The van der Waals surface area contributed by atoms with Gasteiger partial charge in [-0.2, -0.15) is 0 Å². The number of thioether (sulfide) groups is 1. The molecular formula is C21H23FN6O3S. The Morgan fingerprint density at radius 2 is 2.12 bits per heavy atom. The van der Waals surface area contributed by atoms with Crippen molar-refractivity contribution >= 4 is 28.5 Å². The molecule has 11 heteroatoms. The third kappa shape index (κ3) is 5.08. The Morgan fingerprint density at radius 3 is 2.75 bits per heavy atom. The monoisotopic (exact) mass is 458 g/mol. The van der Waals surface area contributed by atoms with Gasteiger partial charge >= 0.3 is 0 Å². The first-order chi connectivity index (χ1) is 15.2. The van der Waals surface area contributed by atoms with E-state index in [1.807, 2.05) is 6.92 Å². The number of alkyl halides is 1. The van der Waals surface area contributed by atoms with Crippen molar-refractivity contribution < 1.29 is 18.7 Å². The van der Waals surface area contributed by atoms with Crippen LogP contribution in [0.2, 0.25) is 0 Å². The number of nitrogens with two attached hydrogens (primary N) is 1. The number of nitrogens with zero attached hydrogens (tertiary/aromatic N) is 4. The number of halogens is 1. The van der Waals surface area contributed by atoms with Crippen molar-refractivity contribution in [2.75, 3.05) is 25.7 Å². The number of terminal acetylenes is 1. The highest BCUT2D eigenvalue weighted by Gasteiger charge is 2.44. The first-order valence-corrected chi connectivity index (χ1v) is 10.4. The van der Waals surface area contributed by atoms with Crippen LogP contribution in [-0.2, 0) is 5.54 Å². The third-order valence-corrected chi connectivity index (χ3v) is 5.80. The SMILES string of the molecule is C#CCOc1cnc(C(=O)Nc2cnc(OC)c([C@]3(C)C[C@](C)(CF)SC(N)=N3)c2)cn1. The Hall–Kier alpha value is -3.39. The molecule has 0 saturated heterocycles. The molecule has 2 atom stereocenters. The Kier molecular flexibility index (Phi) is 6.84. The summed E-state index contributed by atoms with van der Waals surface area (Å²) in [5, 5.41) is 3.00. The summed E-state index contributed by atoms with van der Waals surface area (Å²) in [6.07, 6.45) is 9.52. The van der Waals surface area contributed by atoms with E-state index in [2.05, 4.69) is 31.2 Å². The number of aromatic nitrogens is 3. The lowest BCUT2D eigenvalue weighted by atomic mass is 9.84. The minimum absolute atomic E-state index is 0.0479. The van der Waals surface area contributed by atoms with Crippen LogP contribution in [0.1, 0.15) is 36.3 Å². The van der Waals surface area contributed by atoms with E-state index in [1.165, 1.54) is 37.5 Å². The topological polar surface area (TPSA) is 125 Å². The summed E-state index contributed by atoms with van der Waals surface area (Å²) in [5.41, 5.74) is 6.14. The van der Waals surface area contributed by atoms with Gasteiger partial charge in [-0.05, 0) is 26.3 Å². The molecule has 0 unspecified atom stereocenters. The lowest BCUT2D eigenvalue weighted by Crippen LogP contribution is -2.41. The van der Waals surface area contributed by atoms with Gasteiger partial charge in [0.2, 0.25) is 11.8 Å². The van der Waals surface area contributed by atoms with E-state index in [-0.39, 0.29) is 23.3 Å². The van der Waals surface area contributed by atoms with Crippen LogP contribution in [0.15, 0.2) is 29.6 Å². The van der Waals surface area contributed by atoms with Crippen LogP contribution in [0, 0.1) is 12.3 Å². The van der Waals surface area contributed by atoms with Gasteiger partial charge in [0.15, 0.2) is 11.8 Å². The molecule has 0 fully saturated rings. The predicted molar refractivity (Wildman–Crippen MR) is 121 cm³/mol. The number of anilines is 1. The number of pyridine rings is 1. The number of nitrogens with one attached hydrogen (secondary N) is 1. The summed E-state index contributed by atoms with van der Waals surface area (Å²) in [4.78, 5) is 29.5. The Balaban J connectivity index is 1.87. The maximum atomic E-state index is 13.7. The lowest BCUT2D eigenvalue weighted by molar-refractivity contribution is 0.102. The zero-order chi connectivity index (χ0) is 23.4. The smallest absolute Gasteiger partial charge is 0.275 e. The van der Waals surface area contributed by atoms with Crippen LogP contribution in [-0.4, -0.2) is 51.2 Å². The molecule has 2 aromatic rings. The molecule has 0 radical (unpaired) electrons. The number of rotatable bonds is 7. The number of carbonyl (C=O) groups excluding carboxylic acids is 1. The third-order valence-electron chi connectivity index (χ3n) is 4.76. The Labute approximate surface area is 189 Å². The molecule has 1 amide bonds.